The molecule has 124 valence electrons. The number of nitrogens with one attached hydrogen (secondary N) is 2. The average molecular weight is 316 g/mol. The molecule has 1 aromatic rings. The van der Waals surface area contributed by atoms with Crippen molar-refractivity contribution < 1.29 is 14.3 Å². The number of ether oxygens (including phenoxy) is 2. The van der Waals surface area contributed by atoms with Crippen LogP contribution in [0.3, 0.4) is 0 Å². The number of carbonyl (C=O) groups excluding carboxylic acids is 1. The molecule has 0 bridgehead atoms. The van der Waals surface area contributed by atoms with Crippen LogP contribution in [0.1, 0.15) is 32.1 Å². The van der Waals surface area contributed by atoms with Gasteiger partial charge in [-0.15, -0.1) is 0 Å². The molecule has 2 amide bonds. The number of fused-ring (bicyclic) bond motifs is 1. The third-order valence-electron chi connectivity index (χ3n) is 4.29. The maximum atomic E-state index is 11.8. The van der Waals surface area contributed by atoms with E-state index in [1.165, 1.54) is 32.1 Å². The molecule has 0 spiro atoms. The summed E-state index contributed by atoms with van der Waals surface area (Å²) in [5.74, 6) is 2.09. The fourth-order valence-corrected chi connectivity index (χ4v) is 3.01. The molecule has 2 N–H and O–H groups in total. The van der Waals surface area contributed by atoms with Crippen molar-refractivity contribution >= 4 is 6.03 Å². The lowest BCUT2D eigenvalue weighted by molar-refractivity contribution is 0.0919. The van der Waals surface area contributed by atoms with Gasteiger partial charge in [-0.05, 0) is 30.9 Å². The Hall–Kier alpha value is -2.17. The molecular formula is C18H24N2O3. The summed E-state index contributed by atoms with van der Waals surface area (Å²) in [5.41, 5.74) is 0. The van der Waals surface area contributed by atoms with Crippen LogP contribution in [0.15, 0.2) is 36.5 Å². The Labute approximate surface area is 137 Å². The summed E-state index contributed by atoms with van der Waals surface area (Å²) >= 11 is 0. The van der Waals surface area contributed by atoms with Crippen molar-refractivity contribution in [3.05, 3.63) is 36.5 Å². The SMILES string of the molecule is O=C(N/C=C/C1CCCCC1)NCC1COc2ccccc2O1. The first-order valence-electron chi connectivity index (χ1n) is 8.41. The molecule has 0 radical (unpaired) electrons. The van der Waals surface area contributed by atoms with Crippen molar-refractivity contribution in [3.8, 4) is 11.5 Å². The van der Waals surface area contributed by atoms with Gasteiger partial charge >= 0.3 is 6.03 Å². The van der Waals surface area contributed by atoms with Crippen LogP contribution in [-0.4, -0.2) is 25.3 Å². The predicted molar refractivity (Wildman–Crippen MR) is 88.6 cm³/mol. The van der Waals surface area contributed by atoms with Gasteiger partial charge in [-0.2, -0.15) is 0 Å². The lowest BCUT2D eigenvalue weighted by Crippen LogP contribution is -2.43. The normalized spacial score (nSPS) is 21.1. The molecule has 5 nitrogen and oxygen atoms in total. The number of hydrogen-bond donors (Lipinski definition) is 2. The molecule has 1 aliphatic heterocycles. The van der Waals surface area contributed by atoms with E-state index in [0.717, 1.165) is 11.5 Å². The fourth-order valence-electron chi connectivity index (χ4n) is 3.01. The average Bonchev–Trinajstić information content (AvgIpc) is 2.61. The molecule has 0 saturated heterocycles. The summed E-state index contributed by atoms with van der Waals surface area (Å²) in [4.78, 5) is 11.8. The highest BCUT2D eigenvalue weighted by atomic mass is 16.6. The van der Waals surface area contributed by atoms with Gasteiger partial charge < -0.3 is 20.1 Å². The van der Waals surface area contributed by atoms with Crippen molar-refractivity contribution in [2.75, 3.05) is 13.2 Å². The van der Waals surface area contributed by atoms with E-state index in [1.807, 2.05) is 24.3 Å². The molecule has 3 rings (SSSR count). The first kappa shape index (κ1) is 15.7. The minimum atomic E-state index is -0.209. The second-order valence-electron chi connectivity index (χ2n) is 6.11. The van der Waals surface area contributed by atoms with Gasteiger partial charge in [0.25, 0.3) is 0 Å². The van der Waals surface area contributed by atoms with Crippen molar-refractivity contribution in [1.82, 2.24) is 10.6 Å². The minimum Gasteiger partial charge on any atom is -0.486 e. The number of para-hydroxylation sites is 2. The number of allylic oxidation sites excluding steroid dienone is 1. The quantitative estimate of drug-likeness (QED) is 0.896. The monoisotopic (exact) mass is 316 g/mol. The highest BCUT2D eigenvalue weighted by Crippen LogP contribution is 2.30. The number of hydrogen-bond acceptors (Lipinski definition) is 3. The Kier molecular flexibility index (Phi) is 5.40. The summed E-state index contributed by atoms with van der Waals surface area (Å²) in [7, 11) is 0. The lowest BCUT2D eigenvalue weighted by atomic mass is 9.89. The molecule has 0 aromatic heterocycles. The molecule has 1 unspecified atom stereocenters. The maximum Gasteiger partial charge on any atom is 0.318 e. The van der Waals surface area contributed by atoms with E-state index >= 15 is 0 Å². The van der Waals surface area contributed by atoms with E-state index in [0.29, 0.717) is 19.1 Å². The number of carbonyl (C=O) groups is 1. The second-order valence-corrected chi connectivity index (χ2v) is 6.11. The highest BCUT2D eigenvalue weighted by Gasteiger charge is 2.20. The van der Waals surface area contributed by atoms with E-state index in [2.05, 4.69) is 16.7 Å². The van der Waals surface area contributed by atoms with Gasteiger partial charge in [-0.3, -0.25) is 0 Å². The molecule has 1 heterocycles. The van der Waals surface area contributed by atoms with Crippen LogP contribution < -0.4 is 20.1 Å². The summed E-state index contributed by atoms with van der Waals surface area (Å²) in [6.45, 7) is 0.854. The Morgan fingerprint density at radius 1 is 1.17 bits per heavy atom. The Morgan fingerprint density at radius 2 is 1.96 bits per heavy atom. The topological polar surface area (TPSA) is 59.6 Å². The van der Waals surface area contributed by atoms with E-state index < -0.39 is 0 Å². The molecule has 1 fully saturated rings. The Balaban J connectivity index is 1.37. The molecule has 1 aromatic carbocycles. The summed E-state index contributed by atoms with van der Waals surface area (Å²) < 4.78 is 11.4. The van der Waals surface area contributed by atoms with Gasteiger partial charge in [0.15, 0.2) is 17.6 Å². The predicted octanol–water partition coefficient (Wildman–Crippen LogP) is 3.22. The van der Waals surface area contributed by atoms with E-state index in [-0.39, 0.29) is 12.1 Å². The zero-order valence-corrected chi connectivity index (χ0v) is 13.3. The second kappa shape index (κ2) is 7.90. The zero-order chi connectivity index (χ0) is 15.9. The minimum absolute atomic E-state index is 0.169. The summed E-state index contributed by atoms with van der Waals surface area (Å²) in [6.07, 6.45) is 10.1. The van der Waals surface area contributed by atoms with Gasteiger partial charge in [0, 0.05) is 6.20 Å². The first-order chi connectivity index (χ1) is 11.3. The van der Waals surface area contributed by atoms with Crippen LogP contribution >= 0.6 is 0 Å². The fraction of sp³-hybridized carbons (Fsp3) is 0.500. The molecule has 1 aliphatic carbocycles. The van der Waals surface area contributed by atoms with Crippen molar-refractivity contribution in [2.45, 2.75) is 38.2 Å². The van der Waals surface area contributed by atoms with Gasteiger partial charge in [-0.25, -0.2) is 4.79 Å². The van der Waals surface area contributed by atoms with Gasteiger partial charge in [-0.1, -0.05) is 37.5 Å². The van der Waals surface area contributed by atoms with Crippen molar-refractivity contribution in [1.29, 1.82) is 0 Å². The third-order valence-corrected chi connectivity index (χ3v) is 4.29. The molecular weight excluding hydrogens is 292 g/mol. The van der Waals surface area contributed by atoms with E-state index in [4.69, 9.17) is 9.47 Å². The van der Waals surface area contributed by atoms with Crippen LogP contribution in [0, 0.1) is 5.92 Å². The van der Waals surface area contributed by atoms with Crippen LogP contribution in [-0.2, 0) is 0 Å². The zero-order valence-electron chi connectivity index (χ0n) is 13.3. The molecule has 1 saturated carbocycles. The number of amides is 2. The molecule has 5 heteroatoms. The van der Waals surface area contributed by atoms with Gasteiger partial charge in [0.1, 0.15) is 6.61 Å². The number of benzene rings is 1. The maximum absolute atomic E-state index is 11.8. The Morgan fingerprint density at radius 3 is 2.78 bits per heavy atom. The largest absolute Gasteiger partial charge is 0.486 e. The van der Waals surface area contributed by atoms with Crippen LogP contribution in [0.5, 0.6) is 11.5 Å². The summed E-state index contributed by atoms with van der Waals surface area (Å²) in [6, 6.07) is 7.35. The van der Waals surface area contributed by atoms with Gasteiger partial charge in [0.05, 0.1) is 6.54 Å². The number of urea groups is 1. The highest BCUT2D eigenvalue weighted by molar-refractivity contribution is 5.74. The third kappa shape index (κ3) is 4.65. The number of rotatable bonds is 4. The van der Waals surface area contributed by atoms with Crippen LogP contribution in [0.2, 0.25) is 0 Å². The standard InChI is InChI=1S/C18H24N2O3/c21-18(19-11-10-14-6-2-1-3-7-14)20-12-15-13-22-16-8-4-5-9-17(16)23-15/h4-5,8-11,14-15H,1-3,6-7,12-13H2,(H2,19,20,21)/b11-10+. The van der Waals surface area contributed by atoms with Crippen LogP contribution in [0.4, 0.5) is 4.79 Å². The Bertz CT molecular complexity index is 553. The molecule has 23 heavy (non-hydrogen) atoms. The first-order valence-corrected chi connectivity index (χ1v) is 8.41. The van der Waals surface area contributed by atoms with Crippen molar-refractivity contribution in [2.24, 2.45) is 5.92 Å². The lowest BCUT2D eigenvalue weighted by Gasteiger charge is -2.26. The summed E-state index contributed by atoms with van der Waals surface area (Å²) in [5, 5.41) is 5.58. The molecule has 1 atom stereocenters. The van der Waals surface area contributed by atoms with Crippen LogP contribution in [0.25, 0.3) is 0 Å². The van der Waals surface area contributed by atoms with Crippen molar-refractivity contribution in [3.63, 3.8) is 0 Å². The van der Waals surface area contributed by atoms with Gasteiger partial charge in [0.2, 0.25) is 0 Å². The van der Waals surface area contributed by atoms with E-state index in [9.17, 15) is 4.79 Å². The molecule has 2 aliphatic rings. The smallest absolute Gasteiger partial charge is 0.318 e. The van der Waals surface area contributed by atoms with E-state index in [1.54, 1.807) is 6.20 Å².